The molecule has 0 atom stereocenters. The lowest BCUT2D eigenvalue weighted by Crippen LogP contribution is -2.32. The fourth-order valence-corrected chi connectivity index (χ4v) is 2.93. The summed E-state index contributed by atoms with van der Waals surface area (Å²) in [6.45, 7) is 2.11. The van der Waals surface area contributed by atoms with Gasteiger partial charge in [-0.05, 0) is 67.1 Å². The second kappa shape index (κ2) is 12.2. The summed E-state index contributed by atoms with van der Waals surface area (Å²) >= 11 is 5.85. The lowest BCUT2D eigenvalue weighted by Gasteiger charge is -2.11. The maximum Gasteiger partial charge on any atom is 0.343 e. The number of hydrogen-bond acceptors (Lipinski definition) is 7. The van der Waals surface area contributed by atoms with Crippen molar-refractivity contribution >= 4 is 41.3 Å². The molecule has 180 valence electrons. The highest BCUT2D eigenvalue weighted by atomic mass is 35.5. The summed E-state index contributed by atoms with van der Waals surface area (Å²) < 4.78 is 16.1. The Bertz CT molecular complexity index is 1240. The number of carbonyl (C=O) groups excluding carboxylic acids is 3. The highest BCUT2D eigenvalue weighted by Crippen LogP contribution is 2.29. The zero-order chi connectivity index (χ0) is 25.2. The van der Waals surface area contributed by atoms with E-state index in [0.717, 1.165) is 0 Å². The van der Waals surface area contributed by atoms with Gasteiger partial charge in [0.15, 0.2) is 11.5 Å². The van der Waals surface area contributed by atoms with E-state index < -0.39 is 17.8 Å². The number of amides is 2. The molecule has 0 saturated carbocycles. The van der Waals surface area contributed by atoms with E-state index in [-0.39, 0.29) is 5.75 Å². The zero-order valence-electron chi connectivity index (χ0n) is 18.9. The van der Waals surface area contributed by atoms with Crippen molar-refractivity contribution in [3.8, 4) is 17.2 Å². The number of halogens is 1. The van der Waals surface area contributed by atoms with Crippen LogP contribution in [0.5, 0.6) is 17.2 Å². The summed E-state index contributed by atoms with van der Waals surface area (Å²) in [6, 6.07) is 17.6. The van der Waals surface area contributed by atoms with Crippen LogP contribution in [0.3, 0.4) is 0 Å². The molecule has 0 aromatic heterocycles. The molecule has 3 aromatic rings. The Labute approximate surface area is 206 Å². The van der Waals surface area contributed by atoms with Crippen LogP contribution in [-0.4, -0.2) is 37.7 Å². The summed E-state index contributed by atoms with van der Waals surface area (Å²) in [7, 11) is 1.50. The Morgan fingerprint density at radius 3 is 2.46 bits per heavy atom. The molecule has 0 saturated heterocycles. The van der Waals surface area contributed by atoms with Crippen molar-refractivity contribution in [1.29, 1.82) is 0 Å². The van der Waals surface area contributed by atoms with Gasteiger partial charge in [-0.3, -0.25) is 9.59 Å². The van der Waals surface area contributed by atoms with E-state index in [1.807, 2.05) is 0 Å². The van der Waals surface area contributed by atoms with Gasteiger partial charge in [0, 0.05) is 16.8 Å². The van der Waals surface area contributed by atoms with E-state index in [9.17, 15) is 14.4 Å². The number of nitrogens with one attached hydrogen (secondary N) is 2. The molecule has 0 aliphatic rings. The first-order chi connectivity index (χ1) is 16.9. The van der Waals surface area contributed by atoms with Crippen molar-refractivity contribution in [3.05, 3.63) is 82.9 Å². The minimum Gasteiger partial charge on any atom is -0.497 e. The van der Waals surface area contributed by atoms with Crippen LogP contribution in [0.25, 0.3) is 0 Å². The predicted molar refractivity (Wildman–Crippen MR) is 131 cm³/mol. The van der Waals surface area contributed by atoms with Crippen LogP contribution >= 0.6 is 11.6 Å². The van der Waals surface area contributed by atoms with Crippen molar-refractivity contribution in [2.24, 2.45) is 5.10 Å². The molecule has 0 bridgehead atoms. The van der Waals surface area contributed by atoms with Crippen LogP contribution < -0.4 is 25.0 Å². The maximum atomic E-state index is 12.4. The fourth-order valence-electron chi connectivity index (χ4n) is 2.81. The molecule has 0 aliphatic carbocycles. The monoisotopic (exact) mass is 495 g/mol. The van der Waals surface area contributed by atoms with Crippen molar-refractivity contribution < 1.29 is 28.6 Å². The SMILES string of the molecule is CCOc1cc(/C=N\NC(=O)C(=O)Nc2cccc(OC)c2)ccc1OC(=O)c1ccc(Cl)cc1. The fraction of sp³-hybridized carbons (Fsp3) is 0.120. The molecule has 2 N–H and O–H groups in total. The molecule has 10 heteroatoms. The molecule has 3 rings (SSSR count). The number of nitrogens with zero attached hydrogens (tertiary/aromatic N) is 1. The second-order valence-electron chi connectivity index (χ2n) is 6.92. The van der Waals surface area contributed by atoms with Gasteiger partial charge >= 0.3 is 17.8 Å². The zero-order valence-corrected chi connectivity index (χ0v) is 19.7. The molecular formula is C25H22ClN3O6. The van der Waals surface area contributed by atoms with Gasteiger partial charge < -0.3 is 19.5 Å². The molecule has 2 amide bonds. The van der Waals surface area contributed by atoms with Gasteiger partial charge in [0.2, 0.25) is 0 Å². The van der Waals surface area contributed by atoms with E-state index >= 15 is 0 Å². The summed E-state index contributed by atoms with van der Waals surface area (Å²) in [5.74, 6) is -1.36. The lowest BCUT2D eigenvalue weighted by molar-refractivity contribution is -0.136. The molecule has 0 aliphatic heterocycles. The standard InChI is InChI=1S/C25H22ClN3O6/c1-3-34-22-13-16(7-12-21(22)35-25(32)17-8-10-18(26)11-9-17)15-27-29-24(31)23(30)28-19-5-4-6-20(14-19)33-2/h4-15H,3H2,1-2H3,(H,28,30)(H,29,31)/b27-15-. The first-order valence-corrected chi connectivity index (χ1v) is 10.8. The molecule has 0 fully saturated rings. The Balaban J connectivity index is 1.62. The molecule has 9 nitrogen and oxygen atoms in total. The second-order valence-corrected chi connectivity index (χ2v) is 7.36. The van der Waals surface area contributed by atoms with Gasteiger partial charge in [0.1, 0.15) is 5.75 Å². The highest BCUT2D eigenvalue weighted by molar-refractivity contribution is 6.39. The summed E-state index contributed by atoms with van der Waals surface area (Å²) in [6.07, 6.45) is 1.32. The molecule has 3 aromatic carbocycles. The summed E-state index contributed by atoms with van der Waals surface area (Å²) in [5.41, 5.74) is 3.42. The molecule has 35 heavy (non-hydrogen) atoms. The smallest absolute Gasteiger partial charge is 0.343 e. The van der Waals surface area contributed by atoms with Crippen LogP contribution in [0.15, 0.2) is 71.8 Å². The molecule has 0 unspecified atom stereocenters. The quantitative estimate of drug-likeness (QED) is 0.160. The minimum absolute atomic E-state index is 0.214. The van der Waals surface area contributed by atoms with Gasteiger partial charge in [-0.2, -0.15) is 5.10 Å². The molecule has 0 radical (unpaired) electrons. The molecule has 0 spiro atoms. The minimum atomic E-state index is -0.956. The number of rotatable bonds is 8. The first-order valence-electron chi connectivity index (χ1n) is 10.4. The van der Waals surface area contributed by atoms with Crippen LogP contribution in [-0.2, 0) is 9.59 Å². The van der Waals surface area contributed by atoms with E-state index in [0.29, 0.717) is 39.9 Å². The number of carbonyl (C=O) groups is 3. The average molecular weight is 496 g/mol. The average Bonchev–Trinajstić information content (AvgIpc) is 2.86. The van der Waals surface area contributed by atoms with E-state index in [2.05, 4.69) is 15.8 Å². The largest absolute Gasteiger partial charge is 0.497 e. The van der Waals surface area contributed by atoms with Crippen molar-refractivity contribution in [3.63, 3.8) is 0 Å². The topological polar surface area (TPSA) is 115 Å². The van der Waals surface area contributed by atoms with E-state index in [1.165, 1.54) is 19.4 Å². The lowest BCUT2D eigenvalue weighted by atomic mass is 10.2. The van der Waals surface area contributed by atoms with E-state index in [4.69, 9.17) is 25.8 Å². The van der Waals surface area contributed by atoms with Crippen molar-refractivity contribution in [1.82, 2.24) is 5.43 Å². The Hall–Kier alpha value is -4.37. The van der Waals surface area contributed by atoms with Crippen molar-refractivity contribution in [2.45, 2.75) is 6.92 Å². The number of anilines is 1. The number of benzene rings is 3. The van der Waals surface area contributed by atoms with Crippen LogP contribution in [0.4, 0.5) is 5.69 Å². The maximum absolute atomic E-state index is 12.4. The van der Waals surface area contributed by atoms with Crippen LogP contribution in [0, 0.1) is 0 Å². The third kappa shape index (κ3) is 7.31. The van der Waals surface area contributed by atoms with E-state index in [1.54, 1.807) is 67.6 Å². The van der Waals surface area contributed by atoms with Crippen LogP contribution in [0.2, 0.25) is 5.02 Å². The third-order valence-electron chi connectivity index (χ3n) is 4.46. The van der Waals surface area contributed by atoms with Gasteiger partial charge in [-0.25, -0.2) is 10.2 Å². The van der Waals surface area contributed by atoms with Crippen molar-refractivity contribution in [2.75, 3.05) is 19.0 Å². The number of hydrazone groups is 1. The highest BCUT2D eigenvalue weighted by Gasteiger charge is 2.15. The number of hydrogen-bond donors (Lipinski definition) is 2. The number of ether oxygens (including phenoxy) is 3. The van der Waals surface area contributed by atoms with Gasteiger partial charge in [-0.15, -0.1) is 0 Å². The third-order valence-corrected chi connectivity index (χ3v) is 4.72. The van der Waals surface area contributed by atoms with Gasteiger partial charge in [0.25, 0.3) is 0 Å². The first kappa shape index (κ1) is 25.3. The summed E-state index contributed by atoms with van der Waals surface area (Å²) in [5, 5.41) is 6.76. The summed E-state index contributed by atoms with van der Waals surface area (Å²) in [4.78, 5) is 36.5. The van der Waals surface area contributed by atoms with Gasteiger partial charge in [-0.1, -0.05) is 17.7 Å². The Kier molecular flexibility index (Phi) is 8.80. The van der Waals surface area contributed by atoms with Crippen LogP contribution in [0.1, 0.15) is 22.8 Å². The normalized spacial score (nSPS) is 10.5. The molecular weight excluding hydrogens is 474 g/mol. The molecule has 0 heterocycles. The number of esters is 1. The van der Waals surface area contributed by atoms with Gasteiger partial charge in [0.05, 0.1) is 25.5 Å². The Morgan fingerprint density at radius 2 is 1.74 bits per heavy atom. The predicted octanol–water partition coefficient (Wildman–Crippen LogP) is 4.06. The number of methoxy groups -OCH3 is 1. The Morgan fingerprint density at radius 1 is 0.971 bits per heavy atom.